The highest BCUT2D eigenvalue weighted by atomic mass is 16.4. The van der Waals surface area contributed by atoms with Crippen LogP contribution in [0.2, 0.25) is 0 Å². The predicted molar refractivity (Wildman–Crippen MR) is 81.6 cm³/mol. The molecule has 1 aromatic carbocycles. The van der Waals surface area contributed by atoms with Crippen LogP contribution in [0, 0.1) is 12.8 Å². The van der Waals surface area contributed by atoms with Gasteiger partial charge in [-0.25, -0.2) is 4.79 Å². The summed E-state index contributed by atoms with van der Waals surface area (Å²) in [6.45, 7) is 3.86. The van der Waals surface area contributed by atoms with Gasteiger partial charge in [-0.3, -0.25) is 4.79 Å². The summed E-state index contributed by atoms with van der Waals surface area (Å²) in [4.78, 5) is 23.2. The lowest BCUT2D eigenvalue weighted by Crippen LogP contribution is -2.30. The number of carboxylic acids is 1. The molecule has 21 heavy (non-hydrogen) atoms. The van der Waals surface area contributed by atoms with Crippen LogP contribution in [0.1, 0.15) is 41.6 Å². The van der Waals surface area contributed by atoms with Crippen LogP contribution in [0.25, 0.3) is 0 Å². The van der Waals surface area contributed by atoms with E-state index in [1.165, 1.54) is 0 Å². The van der Waals surface area contributed by atoms with Crippen molar-refractivity contribution in [3.8, 4) is 0 Å². The van der Waals surface area contributed by atoms with Crippen LogP contribution in [0.15, 0.2) is 18.2 Å². The zero-order chi connectivity index (χ0) is 15.2. The summed E-state index contributed by atoms with van der Waals surface area (Å²) in [6, 6.07) is 5.02. The molecule has 1 aliphatic rings. The van der Waals surface area contributed by atoms with Crippen molar-refractivity contribution < 1.29 is 14.7 Å². The van der Waals surface area contributed by atoms with E-state index in [2.05, 4.69) is 10.6 Å². The lowest BCUT2D eigenvalue weighted by atomic mass is 9.94. The Hall–Kier alpha value is -1.88. The molecule has 1 saturated heterocycles. The van der Waals surface area contributed by atoms with Gasteiger partial charge in [-0.1, -0.05) is 11.6 Å². The zero-order valence-electron chi connectivity index (χ0n) is 12.3. The topological polar surface area (TPSA) is 78.4 Å². The Kier molecular flexibility index (Phi) is 5.33. The Morgan fingerprint density at radius 3 is 2.90 bits per heavy atom. The summed E-state index contributed by atoms with van der Waals surface area (Å²) < 4.78 is 0. The molecule has 1 fully saturated rings. The molecule has 0 radical (unpaired) electrons. The molecule has 1 atom stereocenters. The average Bonchev–Trinajstić information content (AvgIpc) is 2.48. The number of hydrogen-bond acceptors (Lipinski definition) is 3. The summed E-state index contributed by atoms with van der Waals surface area (Å²) in [5.41, 5.74) is 1.38. The van der Waals surface area contributed by atoms with Crippen molar-refractivity contribution in [1.29, 1.82) is 0 Å². The van der Waals surface area contributed by atoms with E-state index in [0.29, 0.717) is 18.0 Å². The molecule has 0 spiro atoms. The van der Waals surface area contributed by atoms with Crippen LogP contribution in [0.3, 0.4) is 0 Å². The minimum absolute atomic E-state index is 0.119. The van der Waals surface area contributed by atoms with E-state index in [-0.39, 0.29) is 11.5 Å². The third-order valence-corrected chi connectivity index (χ3v) is 3.86. The molecule has 2 rings (SSSR count). The highest BCUT2D eigenvalue weighted by Gasteiger charge is 2.16. The van der Waals surface area contributed by atoms with Crippen molar-refractivity contribution >= 4 is 17.6 Å². The normalized spacial score (nSPS) is 18.2. The third-order valence-electron chi connectivity index (χ3n) is 3.86. The molecule has 5 nitrogen and oxygen atoms in total. The number of nitrogens with one attached hydrogen (secondary N) is 2. The monoisotopic (exact) mass is 290 g/mol. The second-order valence-corrected chi connectivity index (χ2v) is 5.65. The number of carbonyl (C=O) groups excluding carboxylic acids is 1. The number of aryl methyl sites for hydroxylation is 1. The quantitative estimate of drug-likeness (QED) is 0.778. The maximum Gasteiger partial charge on any atom is 0.337 e. The SMILES string of the molecule is Cc1ccc(NC(=O)CCC2CCCNC2)c(C(=O)O)c1. The van der Waals surface area contributed by atoms with Crippen molar-refractivity contribution in [2.75, 3.05) is 18.4 Å². The summed E-state index contributed by atoms with van der Waals surface area (Å²) in [7, 11) is 0. The van der Waals surface area contributed by atoms with E-state index in [0.717, 1.165) is 37.9 Å². The van der Waals surface area contributed by atoms with E-state index in [9.17, 15) is 14.7 Å². The summed E-state index contributed by atoms with van der Waals surface area (Å²) in [5, 5.41) is 15.2. The molecule has 3 N–H and O–H groups in total. The van der Waals surface area contributed by atoms with E-state index < -0.39 is 5.97 Å². The third kappa shape index (κ3) is 4.56. The van der Waals surface area contributed by atoms with Crippen molar-refractivity contribution in [3.05, 3.63) is 29.3 Å². The number of benzene rings is 1. The number of amides is 1. The molecule has 1 heterocycles. The van der Waals surface area contributed by atoms with Crippen molar-refractivity contribution in [3.63, 3.8) is 0 Å². The summed E-state index contributed by atoms with van der Waals surface area (Å²) >= 11 is 0. The highest BCUT2D eigenvalue weighted by Crippen LogP contribution is 2.20. The lowest BCUT2D eigenvalue weighted by molar-refractivity contribution is -0.116. The number of anilines is 1. The standard InChI is InChI=1S/C16H22N2O3/c1-11-4-6-14(13(9-11)16(20)21)18-15(19)7-5-12-3-2-8-17-10-12/h4,6,9,12,17H,2-3,5,7-8,10H2,1H3,(H,18,19)(H,20,21). The van der Waals surface area contributed by atoms with Crippen molar-refractivity contribution in [2.45, 2.75) is 32.6 Å². The Labute approximate surface area is 124 Å². The minimum Gasteiger partial charge on any atom is -0.478 e. The number of rotatable bonds is 5. The first-order valence-electron chi connectivity index (χ1n) is 7.41. The zero-order valence-corrected chi connectivity index (χ0v) is 12.3. The first kappa shape index (κ1) is 15.5. The number of aromatic carboxylic acids is 1. The molecule has 0 saturated carbocycles. The van der Waals surface area contributed by atoms with Crippen LogP contribution in [-0.2, 0) is 4.79 Å². The Morgan fingerprint density at radius 1 is 1.43 bits per heavy atom. The van der Waals surface area contributed by atoms with Gasteiger partial charge in [-0.05, 0) is 57.3 Å². The van der Waals surface area contributed by atoms with Crippen molar-refractivity contribution in [1.82, 2.24) is 5.32 Å². The van der Waals surface area contributed by atoms with Gasteiger partial charge in [0.15, 0.2) is 0 Å². The van der Waals surface area contributed by atoms with Gasteiger partial charge in [0.05, 0.1) is 11.3 Å². The van der Waals surface area contributed by atoms with E-state index in [1.54, 1.807) is 18.2 Å². The Bertz CT molecular complexity index is 522. The predicted octanol–water partition coefficient (Wildman–Crippen LogP) is 2.41. The average molecular weight is 290 g/mol. The highest BCUT2D eigenvalue weighted by molar-refractivity contribution is 6.00. The molecular formula is C16H22N2O3. The Balaban J connectivity index is 1.91. The molecule has 1 amide bonds. The molecule has 114 valence electrons. The van der Waals surface area contributed by atoms with Crippen LogP contribution >= 0.6 is 0 Å². The van der Waals surface area contributed by atoms with Gasteiger partial charge in [-0.15, -0.1) is 0 Å². The van der Waals surface area contributed by atoms with Crippen LogP contribution < -0.4 is 10.6 Å². The molecule has 1 unspecified atom stereocenters. The molecule has 1 aliphatic heterocycles. The Morgan fingerprint density at radius 2 is 2.24 bits per heavy atom. The summed E-state index contributed by atoms with van der Waals surface area (Å²) in [5.74, 6) is -0.598. The molecular weight excluding hydrogens is 268 g/mol. The minimum atomic E-state index is -1.02. The number of carboxylic acid groups (broad SMARTS) is 1. The number of carbonyl (C=O) groups is 2. The van der Waals surface area contributed by atoms with Crippen LogP contribution in [0.4, 0.5) is 5.69 Å². The fourth-order valence-corrected chi connectivity index (χ4v) is 2.66. The van der Waals surface area contributed by atoms with Crippen LogP contribution in [0.5, 0.6) is 0 Å². The fourth-order valence-electron chi connectivity index (χ4n) is 2.66. The van der Waals surface area contributed by atoms with E-state index in [4.69, 9.17) is 0 Å². The molecule has 5 heteroatoms. The van der Waals surface area contributed by atoms with E-state index >= 15 is 0 Å². The second kappa shape index (κ2) is 7.22. The maximum absolute atomic E-state index is 12.0. The first-order valence-corrected chi connectivity index (χ1v) is 7.41. The maximum atomic E-state index is 12.0. The number of hydrogen-bond donors (Lipinski definition) is 3. The fraction of sp³-hybridized carbons (Fsp3) is 0.500. The van der Waals surface area contributed by atoms with E-state index in [1.807, 2.05) is 6.92 Å². The van der Waals surface area contributed by atoms with Gasteiger partial charge < -0.3 is 15.7 Å². The van der Waals surface area contributed by atoms with Gasteiger partial charge >= 0.3 is 5.97 Å². The summed E-state index contributed by atoms with van der Waals surface area (Å²) in [6.07, 6.45) is 3.59. The molecule has 0 bridgehead atoms. The first-order chi connectivity index (χ1) is 10.1. The smallest absolute Gasteiger partial charge is 0.337 e. The largest absolute Gasteiger partial charge is 0.478 e. The van der Waals surface area contributed by atoms with Gasteiger partial charge in [0.1, 0.15) is 0 Å². The lowest BCUT2D eigenvalue weighted by Gasteiger charge is -2.22. The second-order valence-electron chi connectivity index (χ2n) is 5.65. The number of piperidine rings is 1. The van der Waals surface area contributed by atoms with Crippen LogP contribution in [-0.4, -0.2) is 30.1 Å². The van der Waals surface area contributed by atoms with Gasteiger partial charge in [0.2, 0.25) is 5.91 Å². The van der Waals surface area contributed by atoms with Gasteiger partial charge in [-0.2, -0.15) is 0 Å². The van der Waals surface area contributed by atoms with Gasteiger partial charge in [0, 0.05) is 6.42 Å². The van der Waals surface area contributed by atoms with Gasteiger partial charge in [0.25, 0.3) is 0 Å². The molecule has 0 aromatic heterocycles. The van der Waals surface area contributed by atoms with Crippen molar-refractivity contribution in [2.24, 2.45) is 5.92 Å². The molecule has 1 aromatic rings. The molecule has 0 aliphatic carbocycles.